The highest BCUT2D eigenvalue weighted by Gasteiger charge is 2.16. The van der Waals surface area contributed by atoms with Gasteiger partial charge in [0.25, 0.3) is 0 Å². The maximum absolute atomic E-state index is 3.58. The Hall–Kier alpha value is 0.01000. The van der Waals surface area contributed by atoms with E-state index in [4.69, 9.17) is 0 Å². The Morgan fingerprint density at radius 2 is 2.46 bits per heavy atom. The highest BCUT2D eigenvalue weighted by atomic mass is 32.2. The lowest BCUT2D eigenvalue weighted by atomic mass is 10.2. The molecule has 2 rings (SSSR count). The SMILES string of the molecule is C1=CCN(CC2CSCCN2)CC1. The molecule has 0 aromatic rings. The summed E-state index contributed by atoms with van der Waals surface area (Å²) in [5.41, 5.74) is 0. The smallest absolute Gasteiger partial charge is 0.0286 e. The van der Waals surface area contributed by atoms with Crippen molar-refractivity contribution in [3.05, 3.63) is 12.2 Å². The second-order valence-corrected chi connectivity index (χ2v) is 4.90. The summed E-state index contributed by atoms with van der Waals surface area (Å²) in [6, 6.07) is 0.727. The minimum atomic E-state index is 0.727. The third-order valence-electron chi connectivity index (χ3n) is 2.62. The monoisotopic (exact) mass is 198 g/mol. The van der Waals surface area contributed by atoms with E-state index in [1.54, 1.807) is 0 Å². The van der Waals surface area contributed by atoms with Crippen LogP contribution in [-0.2, 0) is 0 Å². The summed E-state index contributed by atoms with van der Waals surface area (Å²) in [4.78, 5) is 2.55. The quantitative estimate of drug-likeness (QED) is 0.665. The van der Waals surface area contributed by atoms with Crippen molar-refractivity contribution >= 4 is 11.8 Å². The van der Waals surface area contributed by atoms with Gasteiger partial charge in [-0.25, -0.2) is 0 Å². The molecule has 0 aromatic heterocycles. The summed E-state index contributed by atoms with van der Waals surface area (Å²) >= 11 is 2.08. The van der Waals surface area contributed by atoms with Crippen LogP contribution in [0.4, 0.5) is 0 Å². The fourth-order valence-electron chi connectivity index (χ4n) is 1.90. The first-order valence-corrected chi connectivity index (χ1v) is 6.29. The van der Waals surface area contributed by atoms with Crippen molar-refractivity contribution in [2.45, 2.75) is 12.5 Å². The van der Waals surface area contributed by atoms with Gasteiger partial charge in [0.2, 0.25) is 0 Å². The van der Waals surface area contributed by atoms with Crippen LogP contribution in [0.5, 0.6) is 0 Å². The van der Waals surface area contributed by atoms with Gasteiger partial charge in [-0.2, -0.15) is 11.8 Å². The lowest BCUT2D eigenvalue weighted by Gasteiger charge is -2.30. The number of hydrogen-bond donors (Lipinski definition) is 1. The van der Waals surface area contributed by atoms with E-state index in [0.717, 1.165) is 12.6 Å². The summed E-state index contributed by atoms with van der Waals surface area (Å²) in [5, 5.41) is 3.58. The van der Waals surface area contributed by atoms with E-state index in [1.807, 2.05) is 0 Å². The Morgan fingerprint density at radius 1 is 1.46 bits per heavy atom. The zero-order valence-electron chi connectivity index (χ0n) is 8.04. The molecule has 13 heavy (non-hydrogen) atoms. The van der Waals surface area contributed by atoms with Crippen molar-refractivity contribution in [3.8, 4) is 0 Å². The third kappa shape index (κ3) is 3.01. The van der Waals surface area contributed by atoms with Crippen LogP contribution in [0.1, 0.15) is 6.42 Å². The Balaban J connectivity index is 1.72. The molecular formula is C10H18N2S. The van der Waals surface area contributed by atoms with Crippen molar-refractivity contribution in [2.75, 3.05) is 37.7 Å². The zero-order chi connectivity index (χ0) is 8.93. The van der Waals surface area contributed by atoms with Gasteiger partial charge >= 0.3 is 0 Å². The van der Waals surface area contributed by atoms with Crippen LogP contribution in [0, 0.1) is 0 Å². The molecule has 3 heteroatoms. The Morgan fingerprint density at radius 3 is 3.15 bits per heavy atom. The molecule has 2 heterocycles. The molecule has 1 fully saturated rings. The van der Waals surface area contributed by atoms with E-state index in [0.29, 0.717) is 0 Å². The van der Waals surface area contributed by atoms with Gasteiger partial charge in [0.15, 0.2) is 0 Å². The summed E-state index contributed by atoms with van der Waals surface area (Å²) in [5.74, 6) is 2.58. The highest BCUT2D eigenvalue weighted by Crippen LogP contribution is 2.10. The molecule has 2 nitrogen and oxygen atoms in total. The van der Waals surface area contributed by atoms with E-state index in [1.165, 1.54) is 37.6 Å². The average molecular weight is 198 g/mol. The number of hydrogen-bond acceptors (Lipinski definition) is 3. The maximum atomic E-state index is 3.58. The Kier molecular flexibility index (Phi) is 3.70. The van der Waals surface area contributed by atoms with Gasteiger partial charge in [-0.05, 0) is 6.42 Å². The van der Waals surface area contributed by atoms with Crippen LogP contribution in [0.2, 0.25) is 0 Å². The van der Waals surface area contributed by atoms with Crippen LogP contribution in [0.15, 0.2) is 12.2 Å². The second kappa shape index (κ2) is 5.03. The number of nitrogens with one attached hydrogen (secondary N) is 1. The number of rotatable bonds is 2. The van der Waals surface area contributed by atoms with Gasteiger partial charge in [-0.1, -0.05) is 12.2 Å². The van der Waals surface area contributed by atoms with Crippen LogP contribution < -0.4 is 5.32 Å². The summed E-state index contributed by atoms with van der Waals surface area (Å²) in [6.07, 6.45) is 5.82. The Labute approximate surface area is 84.8 Å². The van der Waals surface area contributed by atoms with Crippen molar-refractivity contribution in [2.24, 2.45) is 0 Å². The van der Waals surface area contributed by atoms with E-state index >= 15 is 0 Å². The molecule has 0 bridgehead atoms. The summed E-state index contributed by atoms with van der Waals surface area (Å²) in [6.45, 7) is 4.83. The first kappa shape index (κ1) is 9.56. The molecule has 0 amide bonds. The summed E-state index contributed by atoms with van der Waals surface area (Å²) < 4.78 is 0. The van der Waals surface area contributed by atoms with Gasteiger partial charge < -0.3 is 5.32 Å². The molecule has 2 aliphatic heterocycles. The number of nitrogens with zero attached hydrogens (tertiary/aromatic N) is 1. The molecule has 1 N–H and O–H groups in total. The van der Waals surface area contributed by atoms with Gasteiger partial charge in [-0.3, -0.25) is 4.90 Å². The Bertz CT molecular complexity index is 176. The fourth-order valence-corrected chi connectivity index (χ4v) is 2.84. The molecule has 1 saturated heterocycles. The molecular weight excluding hydrogens is 180 g/mol. The fraction of sp³-hybridized carbons (Fsp3) is 0.800. The minimum absolute atomic E-state index is 0.727. The normalized spacial score (nSPS) is 30.6. The molecule has 0 aliphatic carbocycles. The predicted molar refractivity (Wildman–Crippen MR) is 59.3 cm³/mol. The first-order chi connectivity index (χ1) is 6.45. The molecule has 1 unspecified atom stereocenters. The van der Waals surface area contributed by atoms with Crippen LogP contribution in [-0.4, -0.2) is 48.6 Å². The maximum Gasteiger partial charge on any atom is 0.0286 e. The van der Waals surface area contributed by atoms with Gasteiger partial charge in [0, 0.05) is 43.7 Å². The zero-order valence-corrected chi connectivity index (χ0v) is 8.85. The predicted octanol–water partition coefficient (Wildman–Crippen LogP) is 0.953. The lowest BCUT2D eigenvalue weighted by molar-refractivity contribution is 0.269. The summed E-state index contributed by atoms with van der Waals surface area (Å²) in [7, 11) is 0. The van der Waals surface area contributed by atoms with E-state index in [2.05, 4.69) is 34.1 Å². The van der Waals surface area contributed by atoms with Crippen LogP contribution >= 0.6 is 11.8 Å². The van der Waals surface area contributed by atoms with Crippen molar-refractivity contribution in [1.29, 1.82) is 0 Å². The lowest BCUT2D eigenvalue weighted by Crippen LogP contribution is -2.46. The third-order valence-corrected chi connectivity index (χ3v) is 3.75. The van der Waals surface area contributed by atoms with E-state index in [-0.39, 0.29) is 0 Å². The minimum Gasteiger partial charge on any atom is -0.311 e. The molecule has 1 atom stereocenters. The topological polar surface area (TPSA) is 15.3 Å². The molecule has 0 radical (unpaired) electrons. The molecule has 0 spiro atoms. The average Bonchev–Trinajstić information content (AvgIpc) is 2.21. The molecule has 0 aromatic carbocycles. The van der Waals surface area contributed by atoms with Crippen LogP contribution in [0.25, 0.3) is 0 Å². The number of thioether (sulfide) groups is 1. The van der Waals surface area contributed by atoms with Crippen molar-refractivity contribution < 1.29 is 0 Å². The van der Waals surface area contributed by atoms with Crippen molar-refractivity contribution in [1.82, 2.24) is 10.2 Å². The van der Waals surface area contributed by atoms with Gasteiger partial charge in [-0.15, -0.1) is 0 Å². The van der Waals surface area contributed by atoms with Crippen LogP contribution in [0.3, 0.4) is 0 Å². The van der Waals surface area contributed by atoms with Gasteiger partial charge in [0.1, 0.15) is 0 Å². The highest BCUT2D eigenvalue weighted by molar-refractivity contribution is 7.99. The standard InChI is InChI=1S/C10H18N2S/c1-2-5-12(6-3-1)8-10-9-13-7-4-11-10/h1-2,10-11H,3-9H2. The molecule has 74 valence electrons. The second-order valence-electron chi connectivity index (χ2n) is 3.75. The van der Waals surface area contributed by atoms with E-state index in [9.17, 15) is 0 Å². The largest absolute Gasteiger partial charge is 0.311 e. The molecule has 0 saturated carbocycles. The van der Waals surface area contributed by atoms with E-state index < -0.39 is 0 Å². The molecule has 2 aliphatic rings. The van der Waals surface area contributed by atoms with Gasteiger partial charge in [0.05, 0.1) is 0 Å². The first-order valence-electron chi connectivity index (χ1n) is 5.13. The van der Waals surface area contributed by atoms with Crippen molar-refractivity contribution in [3.63, 3.8) is 0 Å².